The van der Waals surface area contributed by atoms with Crippen molar-refractivity contribution in [1.29, 1.82) is 0 Å². The minimum Gasteiger partial charge on any atom is -0.351 e. The first-order valence-corrected chi connectivity index (χ1v) is 7.75. The lowest BCUT2D eigenvalue weighted by Gasteiger charge is -2.19. The van der Waals surface area contributed by atoms with Gasteiger partial charge in [0.2, 0.25) is 17.7 Å². The van der Waals surface area contributed by atoms with Crippen LogP contribution >= 0.6 is 15.9 Å². The first-order chi connectivity index (χ1) is 9.50. The Labute approximate surface area is 126 Å². The zero-order valence-electron chi connectivity index (χ0n) is 11.4. The van der Waals surface area contributed by atoms with Crippen LogP contribution in [0.4, 0.5) is 0 Å². The third-order valence-electron chi connectivity index (χ3n) is 3.97. The van der Waals surface area contributed by atoms with Crippen molar-refractivity contribution in [2.75, 3.05) is 13.1 Å². The Morgan fingerprint density at radius 3 is 2.30 bits per heavy atom. The molecule has 2 aliphatic rings. The van der Waals surface area contributed by atoms with E-state index in [1.165, 1.54) is 4.90 Å². The number of carbonyl (C=O) groups excluding carboxylic acids is 3. The van der Waals surface area contributed by atoms with Crippen molar-refractivity contribution < 1.29 is 14.4 Å². The van der Waals surface area contributed by atoms with Crippen molar-refractivity contribution in [3.05, 3.63) is 11.1 Å². The molecule has 2 atom stereocenters. The topological polar surface area (TPSA) is 66.5 Å². The minimum atomic E-state index is -0.180. The van der Waals surface area contributed by atoms with E-state index in [-0.39, 0.29) is 42.5 Å². The average Bonchev–Trinajstić information content (AvgIpc) is 2.67. The van der Waals surface area contributed by atoms with Crippen LogP contribution in [-0.2, 0) is 14.4 Å². The number of halogens is 1. The summed E-state index contributed by atoms with van der Waals surface area (Å²) < 4.78 is 0.685. The summed E-state index contributed by atoms with van der Waals surface area (Å²) in [6.45, 7) is 4.16. The Balaban J connectivity index is 1.86. The maximum atomic E-state index is 12.2. The van der Waals surface area contributed by atoms with E-state index in [1.807, 2.05) is 0 Å². The number of nitrogens with zero attached hydrogens (tertiary/aromatic N) is 1. The monoisotopic (exact) mass is 342 g/mol. The molecule has 5 nitrogen and oxygen atoms in total. The number of imide groups is 1. The standard InChI is InChI=1S/C14H19BrN2O3/c1-9(15)8-16-12(18)6-7-17-13(19)10-4-2-3-5-11(10)14(17)20/h10-11H,1-8H2,(H,16,18)/t10-,11+. The first-order valence-electron chi connectivity index (χ1n) is 6.96. The van der Waals surface area contributed by atoms with E-state index in [9.17, 15) is 14.4 Å². The van der Waals surface area contributed by atoms with Crippen LogP contribution in [0.15, 0.2) is 11.1 Å². The smallest absolute Gasteiger partial charge is 0.233 e. The third kappa shape index (κ3) is 3.29. The molecular formula is C14H19BrN2O3. The molecule has 20 heavy (non-hydrogen) atoms. The number of fused-ring (bicyclic) bond motifs is 1. The molecule has 2 fully saturated rings. The Morgan fingerprint density at radius 1 is 1.25 bits per heavy atom. The molecule has 1 aliphatic carbocycles. The number of nitrogens with one attached hydrogen (secondary N) is 1. The van der Waals surface area contributed by atoms with E-state index in [0.717, 1.165) is 25.7 Å². The molecule has 0 spiro atoms. The second kappa shape index (κ2) is 6.52. The summed E-state index contributed by atoms with van der Waals surface area (Å²) in [5, 5.41) is 2.66. The predicted molar refractivity (Wildman–Crippen MR) is 77.9 cm³/mol. The zero-order chi connectivity index (χ0) is 14.7. The molecule has 110 valence electrons. The molecule has 1 saturated heterocycles. The molecule has 0 aromatic carbocycles. The van der Waals surface area contributed by atoms with Gasteiger partial charge in [-0.25, -0.2) is 0 Å². The third-order valence-corrected chi connectivity index (χ3v) is 4.25. The highest BCUT2D eigenvalue weighted by atomic mass is 79.9. The van der Waals surface area contributed by atoms with E-state index in [0.29, 0.717) is 11.0 Å². The Hall–Kier alpha value is -1.17. The van der Waals surface area contributed by atoms with Crippen LogP contribution < -0.4 is 5.32 Å². The normalized spacial score (nSPS) is 25.6. The summed E-state index contributed by atoms with van der Waals surface area (Å²) >= 11 is 3.15. The number of amides is 3. The van der Waals surface area contributed by atoms with Crippen molar-refractivity contribution in [2.45, 2.75) is 32.1 Å². The van der Waals surface area contributed by atoms with Crippen molar-refractivity contribution in [1.82, 2.24) is 10.2 Å². The van der Waals surface area contributed by atoms with Gasteiger partial charge < -0.3 is 5.32 Å². The quantitative estimate of drug-likeness (QED) is 0.771. The lowest BCUT2D eigenvalue weighted by Crippen LogP contribution is -2.35. The van der Waals surface area contributed by atoms with Gasteiger partial charge in [-0.2, -0.15) is 0 Å². The molecule has 1 aliphatic heterocycles. The number of rotatable bonds is 5. The van der Waals surface area contributed by atoms with E-state index >= 15 is 0 Å². The molecule has 0 aromatic rings. The molecule has 1 saturated carbocycles. The summed E-state index contributed by atoms with van der Waals surface area (Å²) in [6.07, 6.45) is 3.80. The summed E-state index contributed by atoms with van der Waals surface area (Å²) in [4.78, 5) is 37.3. The van der Waals surface area contributed by atoms with Crippen molar-refractivity contribution in [3.63, 3.8) is 0 Å². The van der Waals surface area contributed by atoms with Gasteiger partial charge >= 0.3 is 0 Å². The largest absolute Gasteiger partial charge is 0.351 e. The van der Waals surface area contributed by atoms with Gasteiger partial charge in [0.25, 0.3) is 0 Å². The van der Waals surface area contributed by atoms with Gasteiger partial charge in [-0.15, -0.1) is 0 Å². The fourth-order valence-corrected chi connectivity index (χ4v) is 3.09. The van der Waals surface area contributed by atoms with Crippen LogP contribution in [0.25, 0.3) is 0 Å². The summed E-state index contributed by atoms with van der Waals surface area (Å²) in [5.74, 6) is -0.626. The molecule has 0 bridgehead atoms. The summed E-state index contributed by atoms with van der Waals surface area (Å²) in [7, 11) is 0. The van der Waals surface area contributed by atoms with Gasteiger partial charge in [0.1, 0.15) is 0 Å². The van der Waals surface area contributed by atoms with E-state index in [2.05, 4.69) is 27.8 Å². The molecule has 3 amide bonds. The van der Waals surface area contributed by atoms with E-state index in [1.54, 1.807) is 0 Å². The lowest BCUT2D eigenvalue weighted by molar-refractivity contribution is -0.140. The SMILES string of the molecule is C=C(Br)CNC(=O)CCN1C(=O)[C@H]2CCCC[C@H]2C1=O. The fourth-order valence-electron chi connectivity index (χ4n) is 2.95. The fraction of sp³-hybridized carbons (Fsp3) is 0.643. The van der Waals surface area contributed by atoms with Crippen LogP contribution in [0, 0.1) is 11.8 Å². The highest BCUT2D eigenvalue weighted by Gasteiger charge is 2.47. The molecular weight excluding hydrogens is 324 g/mol. The number of likely N-dealkylation sites (tertiary alicyclic amines) is 1. The van der Waals surface area contributed by atoms with Crippen LogP contribution in [0.5, 0.6) is 0 Å². The molecule has 6 heteroatoms. The highest BCUT2D eigenvalue weighted by Crippen LogP contribution is 2.37. The molecule has 1 heterocycles. The Morgan fingerprint density at radius 2 is 1.80 bits per heavy atom. The Bertz CT molecular complexity index is 426. The van der Waals surface area contributed by atoms with Crippen LogP contribution in [0.2, 0.25) is 0 Å². The summed E-state index contributed by atoms with van der Waals surface area (Å²) in [5.41, 5.74) is 0. The molecule has 2 rings (SSSR count). The molecule has 0 aromatic heterocycles. The first kappa shape index (κ1) is 15.2. The number of hydrogen-bond donors (Lipinski definition) is 1. The maximum Gasteiger partial charge on any atom is 0.233 e. The van der Waals surface area contributed by atoms with Crippen LogP contribution in [-0.4, -0.2) is 35.7 Å². The van der Waals surface area contributed by atoms with E-state index in [4.69, 9.17) is 0 Å². The van der Waals surface area contributed by atoms with Crippen molar-refractivity contribution in [2.24, 2.45) is 11.8 Å². The average molecular weight is 343 g/mol. The van der Waals surface area contributed by atoms with Crippen molar-refractivity contribution >= 4 is 33.7 Å². The number of hydrogen-bond acceptors (Lipinski definition) is 3. The molecule has 1 N–H and O–H groups in total. The molecule has 0 unspecified atom stereocenters. The van der Waals surface area contributed by atoms with Gasteiger partial charge in [0, 0.05) is 24.0 Å². The number of carbonyl (C=O) groups is 3. The van der Waals surface area contributed by atoms with Crippen LogP contribution in [0.1, 0.15) is 32.1 Å². The summed E-state index contributed by atoms with van der Waals surface area (Å²) in [6, 6.07) is 0. The van der Waals surface area contributed by atoms with E-state index < -0.39 is 0 Å². The van der Waals surface area contributed by atoms with Gasteiger partial charge in [0.15, 0.2) is 0 Å². The maximum absolute atomic E-state index is 12.2. The van der Waals surface area contributed by atoms with Gasteiger partial charge in [-0.1, -0.05) is 35.4 Å². The van der Waals surface area contributed by atoms with Gasteiger partial charge in [-0.3, -0.25) is 19.3 Å². The zero-order valence-corrected chi connectivity index (χ0v) is 12.9. The van der Waals surface area contributed by atoms with Crippen molar-refractivity contribution in [3.8, 4) is 0 Å². The minimum absolute atomic E-state index is 0.0857. The van der Waals surface area contributed by atoms with Gasteiger partial charge in [0.05, 0.1) is 11.8 Å². The van der Waals surface area contributed by atoms with Gasteiger partial charge in [-0.05, 0) is 12.8 Å². The second-order valence-corrected chi connectivity index (χ2v) is 6.49. The predicted octanol–water partition coefficient (Wildman–Crippen LogP) is 1.58. The highest BCUT2D eigenvalue weighted by molar-refractivity contribution is 9.11. The Kier molecular flexibility index (Phi) is 4.96. The lowest BCUT2D eigenvalue weighted by atomic mass is 9.81. The van der Waals surface area contributed by atoms with Crippen LogP contribution in [0.3, 0.4) is 0 Å². The molecule has 0 radical (unpaired) electrons. The second-order valence-electron chi connectivity index (χ2n) is 5.37.